The maximum atomic E-state index is 14.9. The normalized spacial score (nSPS) is 17.6. The highest BCUT2D eigenvalue weighted by Crippen LogP contribution is 2.45. The van der Waals surface area contributed by atoms with Crippen molar-refractivity contribution in [3.8, 4) is 22.5 Å². The van der Waals surface area contributed by atoms with Crippen LogP contribution in [0.4, 0.5) is 8.78 Å². The van der Waals surface area contributed by atoms with E-state index in [4.69, 9.17) is 27.1 Å². The molecule has 14 heteroatoms. The van der Waals surface area contributed by atoms with Crippen LogP contribution in [-0.4, -0.2) is 54.3 Å². The molecule has 0 radical (unpaired) electrons. The number of carbonyl (C=O) groups is 2. The monoisotopic (exact) mass is 680 g/mol. The molecule has 1 amide bonds. The van der Waals surface area contributed by atoms with Crippen LogP contribution >= 0.6 is 11.6 Å². The Morgan fingerprint density at radius 3 is 2.35 bits per heavy atom. The summed E-state index contributed by atoms with van der Waals surface area (Å²) < 4.78 is 32.7. The summed E-state index contributed by atoms with van der Waals surface area (Å²) in [7, 11) is 0. The summed E-state index contributed by atoms with van der Waals surface area (Å²) in [6, 6.07) is 11.3. The van der Waals surface area contributed by atoms with E-state index < -0.39 is 30.0 Å². The number of nitrogens with zero attached hydrogens (tertiary/aromatic N) is 6. The minimum absolute atomic E-state index is 0.0421. The van der Waals surface area contributed by atoms with Gasteiger partial charge in [0.05, 0.1) is 23.7 Å². The molecule has 48 heavy (non-hydrogen) atoms. The molecule has 11 nitrogen and oxygen atoms in total. The lowest BCUT2D eigenvalue weighted by Gasteiger charge is -2.35. The predicted octanol–water partition coefficient (Wildman–Crippen LogP) is 6.89. The van der Waals surface area contributed by atoms with Gasteiger partial charge in [0.25, 0.3) is 5.91 Å². The number of aromatic amines is 1. The van der Waals surface area contributed by atoms with Gasteiger partial charge in [0.2, 0.25) is 0 Å². The molecule has 3 N–H and O–H groups in total. The van der Waals surface area contributed by atoms with Gasteiger partial charge in [0, 0.05) is 17.3 Å². The molecule has 0 aliphatic carbocycles. The Morgan fingerprint density at radius 2 is 1.77 bits per heavy atom. The summed E-state index contributed by atoms with van der Waals surface area (Å²) in [4.78, 5) is 38.2. The molecule has 0 bridgehead atoms. The molecule has 1 aliphatic heterocycles. The summed E-state index contributed by atoms with van der Waals surface area (Å²) in [5.41, 5.74) is 7.33. The zero-order valence-corrected chi connectivity index (χ0v) is 28.4. The fraction of sp³-hybridized carbons (Fsp3) is 0.412. The molecule has 5 rings (SSSR count). The average Bonchev–Trinajstić information content (AvgIpc) is 3.75. The second-order valence-corrected chi connectivity index (χ2v) is 14.7. The second kappa shape index (κ2) is 13.1. The van der Waals surface area contributed by atoms with Gasteiger partial charge >= 0.3 is 12.5 Å². The number of nitrogens with two attached hydrogens (primary N) is 1. The number of esters is 1. The largest absolute Gasteiger partial charge is 0.463 e. The number of hydrogen-bond donors (Lipinski definition) is 2. The van der Waals surface area contributed by atoms with Gasteiger partial charge < -0.3 is 10.5 Å². The third-order valence-electron chi connectivity index (χ3n) is 7.84. The molecule has 0 fully saturated rings. The van der Waals surface area contributed by atoms with Crippen molar-refractivity contribution in [2.24, 2.45) is 21.6 Å². The van der Waals surface area contributed by atoms with Crippen LogP contribution in [0.2, 0.25) is 5.02 Å². The Balaban J connectivity index is 1.56. The topological polar surface area (TPSA) is 144 Å². The van der Waals surface area contributed by atoms with Crippen molar-refractivity contribution < 1.29 is 23.1 Å². The van der Waals surface area contributed by atoms with Gasteiger partial charge in [-0.25, -0.2) is 14.7 Å². The van der Waals surface area contributed by atoms with Crippen molar-refractivity contribution in [2.45, 2.75) is 72.5 Å². The van der Waals surface area contributed by atoms with E-state index in [0.29, 0.717) is 49.8 Å². The van der Waals surface area contributed by atoms with Gasteiger partial charge in [0.15, 0.2) is 17.3 Å². The van der Waals surface area contributed by atoms with Crippen molar-refractivity contribution in [1.82, 2.24) is 29.9 Å². The average molecular weight is 681 g/mol. The number of amides is 1. The lowest BCUT2D eigenvalue weighted by molar-refractivity contribution is -0.149. The Bertz CT molecular complexity index is 1810. The molecule has 0 unspecified atom stereocenters. The minimum atomic E-state index is -2.76. The van der Waals surface area contributed by atoms with E-state index in [1.807, 2.05) is 41.5 Å². The molecular formula is C34H39ClF2N8O3. The van der Waals surface area contributed by atoms with Crippen LogP contribution in [0.15, 0.2) is 66.2 Å². The highest BCUT2D eigenvalue weighted by Gasteiger charge is 2.53. The molecular weight excluding hydrogens is 642 g/mol. The van der Waals surface area contributed by atoms with E-state index in [0.717, 1.165) is 0 Å². The Labute approximate surface area is 282 Å². The zero-order valence-electron chi connectivity index (χ0n) is 27.7. The number of alkyl halides is 2. The maximum Gasteiger partial charge on any atom is 0.333 e. The van der Waals surface area contributed by atoms with Crippen LogP contribution in [0.1, 0.15) is 78.1 Å². The fourth-order valence-electron chi connectivity index (χ4n) is 5.85. The van der Waals surface area contributed by atoms with E-state index in [2.05, 4.69) is 20.3 Å². The van der Waals surface area contributed by atoms with Crippen LogP contribution in [0.5, 0.6) is 0 Å². The van der Waals surface area contributed by atoms with Gasteiger partial charge in [-0.2, -0.15) is 19.0 Å². The highest BCUT2D eigenvalue weighted by atomic mass is 35.5. The van der Waals surface area contributed by atoms with E-state index >= 15 is 0 Å². The molecule has 2 aromatic carbocycles. The quantitative estimate of drug-likeness (QED) is 0.174. The molecule has 2 aromatic heterocycles. The van der Waals surface area contributed by atoms with Crippen molar-refractivity contribution in [3.05, 3.63) is 77.3 Å². The van der Waals surface area contributed by atoms with E-state index in [1.54, 1.807) is 42.5 Å². The number of rotatable bonds is 10. The first-order valence-electron chi connectivity index (χ1n) is 15.4. The number of guanidine groups is 1. The van der Waals surface area contributed by atoms with Crippen LogP contribution in [0.3, 0.4) is 0 Å². The standard InChI is InChI=1S/C34H39ClF2N8O3/c1-32(2,3)14-27(46)48-17-26(21-9-12-25(35)24(13-21)28-39-19-40-43-28)45-29(47)34(42-31(45)38,18-33(4,5)6)23-10-7-20(8-11-23)22-15-41-44(16-22)30(36)37/h7-13,15-16,19,26,30H,14,17-18H2,1-6H3,(H2,38,42)(H,39,40,43)/t26-,34-/m1/s1. The first-order valence-corrected chi connectivity index (χ1v) is 15.8. The van der Waals surface area contributed by atoms with Gasteiger partial charge in [-0.05, 0) is 46.1 Å². The number of hydrogen-bond acceptors (Lipinski definition) is 8. The number of ether oxygens (including phenoxy) is 1. The Morgan fingerprint density at radius 1 is 1.06 bits per heavy atom. The number of aromatic nitrogens is 5. The molecule has 3 heterocycles. The maximum absolute atomic E-state index is 14.9. The molecule has 1 aliphatic rings. The van der Waals surface area contributed by atoms with Gasteiger partial charge in [0.1, 0.15) is 12.9 Å². The van der Waals surface area contributed by atoms with E-state index in [-0.39, 0.29) is 29.8 Å². The van der Waals surface area contributed by atoms with Crippen molar-refractivity contribution in [2.75, 3.05) is 6.61 Å². The Kier molecular flexibility index (Phi) is 9.46. The lowest BCUT2D eigenvalue weighted by Crippen LogP contribution is -2.47. The summed E-state index contributed by atoms with van der Waals surface area (Å²) in [6.45, 7) is 8.82. The Hall–Kier alpha value is -4.65. The zero-order chi connectivity index (χ0) is 35.0. The second-order valence-electron chi connectivity index (χ2n) is 14.3. The lowest BCUT2D eigenvalue weighted by atomic mass is 9.75. The van der Waals surface area contributed by atoms with Gasteiger partial charge in [-0.15, -0.1) is 0 Å². The van der Waals surface area contributed by atoms with Gasteiger partial charge in [-0.3, -0.25) is 19.6 Å². The van der Waals surface area contributed by atoms with Crippen molar-refractivity contribution >= 4 is 29.4 Å². The molecule has 254 valence electrons. The number of halogens is 3. The van der Waals surface area contributed by atoms with Crippen LogP contribution in [0.25, 0.3) is 22.5 Å². The van der Waals surface area contributed by atoms with Crippen LogP contribution < -0.4 is 5.73 Å². The summed E-state index contributed by atoms with van der Waals surface area (Å²) >= 11 is 6.54. The third kappa shape index (κ3) is 7.40. The number of carbonyl (C=O) groups excluding carboxylic acids is 2. The third-order valence-corrected chi connectivity index (χ3v) is 8.17. The van der Waals surface area contributed by atoms with Crippen molar-refractivity contribution in [1.29, 1.82) is 0 Å². The summed E-state index contributed by atoms with van der Waals surface area (Å²) in [6.07, 6.45) is 4.43. The van der Waals surface area contributed by atoms with Gasteiger partial charge in [-0.1, -0.05) is 83.5 Å². The SMILES string of the molecule is CC(C)(C)CC(=O)OC[C@H](c1ccc(Cl)c(-c2ncn[nH]2)c1)N1C(=O)[C@@](CC(C)(C)C)(c2ccc(-c3cnn(C(F)F)c3)cc2)N=C1N. The summed E-state index contributed by atoms with van der Waals surface area (Å²) in [5, 5.41) is 10.9. The molecule has 0 spiro atoms. The molecule has 2 atom stereocenters. The minimum Gasteiger partial charge on any atom is -0.463 e. The van der Waals surface area contributed by atoms with Crippen molar-refractivity contribution in [3.63, 3.8) is 0 Å². The number of benzene rings is 2. The first kappa shape index (κ1) is 34.7. The van der Waals surface area contributed by atoms with E-state index in [1.165, 1.54) is 23.6 Å². The first-order chi connectivity index (χ1) is 22.5. The molecule has 4 aromatic rings. The molecule has 0 saturated carbocycles. The van der Waals surface area contributed by atoms with Crippen LogP contribution in [0, 0.1) is 10.8 Å². The molecule has 0 saturated heterocycles. The number of nitrogens with one attached hydrogen (secondary N) is 1. The fourth-order valence-corrected chi connectivity index (χ4v) is 6.06. The van der Waals surface area contributed by atoms with E-state index in [9.17, 15) is 18.4 Å². The number of aliphatic imine (C=N–C) groups is 1. The summed E-state index contributed by atoms with van der Waals surface area (Å²) in [5.74, 6) is -0.451. The predicted molar refractivity (Wildman–Crippen MR) is 178 cm³/mol. The highest BCUT2D eigenvalue weighted by molar-refractivity contribution is 6.33. The van der Waals surface area contributed by atoms with Crippen LogP contribution in [-0.2, 0) is 19.9 Å². The smallest absolute Gasteiger partial charge is 0.333 e. The number of H-pyrrole nitrogens is 1.